The number of para-hydroxylation sites is 1. The van der Waals surface area contributed by atoms with E-state index in [4.69, 9.17) is 20.9 Å². The largest absolute Gasteiger partial charge is 0.494 e. The summed E-state index contributed by atoms with van der Waals surface area (Å²) < 4.78 is 11.4. The zero-order chi connectivity index (χ0) is 15.9. The van der Waals surface area contributed by atoms with Gasteiger partial charge in [0, 0.05) is 5.69 Å². The summed E-state index contributed by atoms with van der Waals surface area (Å²) in [7, 11) is 0. The highest BCUT2D eigenvalue weighted by atomic mass is 16.5. The first-order chi connectivity index (χ1) is 10.6. The van der Waals surface area contributed by atoms with Crippen LogP contribution in [-0.4, -0.2) is 13.2 Å². The number of nitrogens with two attached hydrogens (primary N) is 2. The lowest BCUT2D eigenvalue weighted by molar-refractivity contribution is 0.267. The van der Waals surface area contributed by atoms with Crippen molar-refractivity contribution in [2.24, 2.45) is 0 Å². The van der Waals surface area contributed by atoms with Gasteiger partial charge in [-0.15, -0.1) is 0 Å². The highest BCUT2D eigenvalue weighted by Crippen LogP contribution is 2.24. The van der Waals surface area contributed by atoms with Crippen molar-refractivity contribution in [3.63, 3.8) is 0 Å². The molecule has 0 atom stereocenters. The van der Waals surface area contributed by atoms with Gasteiger partial charge in [0.2, 0.25) is 0 Å². The Labute approximate surface area is 132 Å². The maximum Gasteiger partial charge on any atom is 0.142 e. The first-order valence-corrected chi connectivity index (χ1v) is 7.54. The Balaban J connectivity index is 1.67. The van der Waals surface area contributed by atoms with Gasteiger partial charge in [-0.05, 0) is 62.1 Å². The second kappa shape index (κ2) is 7.59. The Kier molecular flexibility index (Phi) is 5.53. The molecule has 4 heteroatoms. The van der Waals surface area contributed by atoms with E-state index in [2.05, 4.69) is 0 Å². The topological polar surface area (TPSA) is 70.5 Å². The van der Waals surface area contributed by atoms with Gasteiger partial charge in [0.25, 0.3) is 0 Å². The van der Waals surface area contributed by atoms with Gasteiger partial charge in [0.1, 0.15) is 11.5 Å². The summed E-state index contributed by atoms with van der Waals surface area (Å²) in [6.07, 6.45) is 1.84. The summed E-state index contributed by atoms with van der Waals surface area (Å²) in [5, 5.41) is 0. The fourth-order valence-corrected chi connectivity index (χ4v) is 2.09. The van der Waals surface area contributed by atoms with Crippen molar-refractivity contribution in [1.29, 1.82) is 0 Å². The SMILES string of the molecule is Cc1cc(OCCCCOc2cccc(C)c2N)ccc1N. The molecule has 0 saturated carbocycles. The molecule has 118 valence electrons. The van der Waals surface area contributed by atoms with E-state index in [1.165, 1.54) is 0 Å². The molecule has 0 spiro atoms. The molecule has 0 aliphatic rings. The van der Waals surface area contributed by atoms with Crippen LogP contribution in [-0.2, 0) is 0 Å². The average Bonchev–Trinajstić information content (AvgIpc) is 2.50. The van der Waals surface area contributed by atoms with Crippen molar-refractivity contribution in [3.8, 4) is 11.5 Å². The maximum atomic E-state index is 5.97. The number of hydrogen-bond donors (Lipinski definition) is 2. The van der Waals surface area contributed by atoms with Crippen LogP contribution in [0.1, 0.15) is 24.0 Å². The molecule has 0 bridgehead atoms. The second-order valence-electron chi connectivity index (χ2n) is 5.41. The molecule has 22 heavy (non-hydrogen) atoms. The van der Waals surface area contributed by atoms with Crippen LogP contribution in [0, 0.1) is 13.8 Å². The van der Waals surface area contributed by atoms with Gasteiger partial charge < -0.3 is 20.9 Å². The van der Waals surface area contributed by atoms with Crippen molar-refractivity contribution >= 4 is 11.4 Å². The molecule has 2 aromatic carbocycles. The van der Waals surface area contributed by atoms with Crippen LogP contribution in [0.25, 0.3) is 0 Å². The third kappa shape index (κ3) is 4.32. The molecule has 4 nitrogen and oxygen atoms in total. The van der Waals surface area contributed by atoms with Gasteiger partial charge in [0.05, 0.1) is 18.9 Å². The van der Waals surface area contributed by atoms with Gasteiger partial charge in [-0.1, -0.05) is 12.1 Å². The number of ether oxygens (including phenoxy) is 2. The van der Waals surface area contributed by atoms with Crippen LogP contribution >= 0.6 is 0 Å². The number of anilines is 2. The molecule has 0 fully saturated rings. The second-order valence-corrected chi connectivity index (χ2v) is 5.41. The highest BCUT2D eigenvalue weighted by molar-refractivity contribution is 5.57. The number of benzene rings is 2. The van der Waals surface area contributed by atoms with E-state index in [1.54, 1.807) is 0 Å². The highest BCUT2D eigenvalue weighted by Gasteiger charge is 2.02. The number of hydrogen-bond acceptors (Lipinski definition) is 4. The van der Waals surface area contributed by atoms with Gasteiger partial charge in [-0.25, -0.2) is 0 Å². The van der Waals surface area contributed by atoms with Crippen molar-refractivity contribution < 1.29 is 9.47 Å². The Bertz CT molecular complexity index is 626. The van der Waals surface area contributed by atoms with Crippen LogP contribution in [0.15, 0.2) is 36.4 Å². The normalized spacial score (nSPS) is 10.5. The summed E-state index contributed by atoms with van der Waals surface area (Å²) in [6.45, 7) is 5.25. The fourth-order valence-electron chi connectivity index (χ4n) is 2.09. The van der Waals surface area contributed by atoms with E-state index >= 15 is 0 Å². The summed E-state index contributed by atoms with van der Waals surface area (Å²) in [5.41, 5.74) is 15.3. The Morgan fingerprint density at radius 3 is 2.32 bits per heavy atom. The molecule has 0 heterocycles. The van der Waals surface area contributed by atoms with Gasteiger partial charge >= 0.3 is 0 Å². The standard InChI is InChI=1S/C18H24N2O2/c1-13-6-5-7-17(18(13)20)22-11-4-3-10-21-15-8-9-16(19)14(2)12-15/h5-9,12H,3-4,10-11,19-20H2,1-2H3. The summed E-state index contributed by atoms with van der Waals surface area (Å²) in [4.78, 5) is 0. The fraction of sp³-hybridized carbons (Fsp3) is 0.333. The number of unbranched alkanes of at least 4 members (excludes halogenated alkanes) is 1. The van der Waals surface area contributed by atoms with Crippen LogP contribution < -0.4 is 20.9 Å². The smallest absolute Gasteiger partial charge is 0.142 e. The molecule has 0 radical (unpaired) electrons. The Morgan fingerprint density at radius 2 is 1.59 bits per heavy atom. The number of aryl methyl sites for hydroxylation is 2. The van der Waals surface area contributed by atoms with Crippen molar-refractivity contribution in [3.05, 3.63) is 47.5 Å². The van der Waals surface area contributed by atoms with Crippen LogP contribution in [0.3, 0.4) is 0 Å². The first kappa shape index (κ1) is 16.0. The quantitative estimate of drug-likeness (QED) is 0.604. The van der Waals surface area contributed by atoms with E-state index < -0.39 is 0 Å². The van der Waals surface area contributed by atoms with E-state index in [1.807, 2.05) is 50.2 Å². The molecular formula is C18H24N2O2. The van der Waals surface area contributed by atoms with Gasteiger partial charge in [-0.2, -0.15) is 0 Å². The minimum absolute atomic E-state index is 0.637. The zero-order valence-electron chi connectivity index (χ0n) is 13.3. The maximum absolute atomic E-state index is 5.97. The van der Waals surface area contributed by atoms with E-state index in [0.29, 0.717) is 13.2 Å². The third-order valence-corrected chi connectivity index (χ3v) is 3.59. The third-order valence-electron chi connectivity index (χ3n) is 3.59. The lowest BCUT2D eigenvalue weighted by Gasteiger charge is -2.11. The van der Waals surface area contributed by atoms with Crippen LogP contribution in [0.5, 0.6) is 11.5 Å². The lowest BCUT2D eigenvalue weighted by atomic mass is 10.2. The zero-order valence-corrected chi connectivity index (χ0v) is 13.3. The summed E-state index contributed by atoms with van der Waals surface area (Å²) >= 11 is 0. The Morgan fingerprint density at radius 1 is 0.864 bits per heavy atom. The summed E-state index contributed by atoms with van der Waals surface area (Å²) in [6, 6.07) is 11.5. The molecule has 0 aromatic heterocycles. The minimum atomic E-state index is 0.637. The first-order valence-electron chi connectivity index (χ1n) is 7.54. The molecule has 0 aliphatic carbocycles. The van der Waals surface area contributed by atoms with Gasteiger partial charge in [-0.3, -0.25) is 0 Å². The Hall–Kier alpha value is -2.36. The molecule has 0 aliphatic heterocycles. The van der Waals surface area contributed by atoms with Crippen molar-refractivity contribution in [1.82, 2.24) is 0 Å². The van der Waals surface area contributed by atoms with E-state index in [0.717, 1.165) is 46.8 Å². The minimum Gasteiger partial charge on any atom is -0.494 e. The number of nitrogen functional groups attached to an aromatic ring is 2. The molecule has 4 N–H and O–H groups in total. The predicted molar refractivity (Wildman–Crippen MR) is 91.4 cm³/mol. The molecule has 2 aromatic rings. The lowest BCUT2D eigenvalue weighted by Crippen LogP contribution is -2.04. The van der Waals surface area contributed by atoms with Gasteiger partial charge in [0.15, 0.2) is 0 Å². The van der Waals surface area contributed by atoms with Crippen LogP contribution in [0.4, 0.5) is 11.4 Å². The summed E-state index contributed by atoms with van der Waals surface area (Å²) in [5.74, 6) is 1.62. The molecule has 0 unspecified atom stereocenters. The predicted octanol–water partition coefficient (Wildman–Crippen LogP) is 3.71. The average molecular weight is 300 g/mol. The molecule has 0 saturated heterocycles. The van der Waals surface area contributed by atoms with Crippen molar-refractivity contribution in [2.75, 3.05) is 24.7 Å². The van der Waals surface area contributed by atoms with Crippen LogP contribution in [0.2, 0.25) is 0 Å². The molecular weight excluding hydrogens is 276 g/mol. The van der Waals surface area contributed by atoms with E-state index in [-0.39, 0.29) is 0 Å². The molecule has 2 rings (SSSR count). The van der Waals surface area contributed by atoms with Crippen molar-refractivity contribution in [2.45, 2.75) is 26.7 Å². The molecule has 0 amide bonds. The number of rotatable bonds is 7. The van der Waals surface area contributed by atoms with E-state index in [9.17, 15) is 0 Å². The monoisotopic (exact) mass is 300 g/mol.